The van der Waals surface area contributed by atoms with Gasteiger partial charge in [-0.05, 0) is 0 Å². The number of aliphatic hydroxyl groups is 1. The van der Waals surface area contributed by atoms with Gasteiger partial charge in [0, 0.05) is 26.6 Å². The lowest BCUT2D eigenvalue weighted by atomic mass is 10.3. The van der Waals surface area contributed by atoms with Crippen LogP contribution in [0.3, 0.4) is 0 Å². The molecule has 64 valence electrons. The lowest BCUT2D eigenvalue weighted by Gasteiger charge is -2.08. The number of nitriles is 1. The molecule has 0 rings (SSSR count). The normalized spacial score (nSPS) is 12.5. The predicted molar refractivity (Wildman–Crippen MR) is 41.0 cm³/mol. The van der Waals surface area contributed by atoms with E-state index in [1.54, 1.807) is 7.11 Å². The van der Waals surface area contributed by atoms with Gasteiger partial charge in [0.1, 0.15) is 0 Å². The first kappa shape index (κ1) is 10.4. The van der Waals surface area contributed by atoms with Crippen molar-refractivity contribution in [1.29, 1.82) is 5.26 Å². The van der Waals surface area contributed by atoms with Gasteiger partial charge in [-0.15, -0.1) is 0 Å². The van der Waals surface area contributed by atoms with Crippen LogP contribution in [0.4, 0.5) is 0 Å². The van der Waals surface area contributed by atoms with E-state index in [1.807, 2.05) is 6.07 Å². The Kier molecular flexibility index (Phi) is 7.05. The molecule has 4 heteroatoms. The molecular formula is C7H14N2O2. The van der Waals surface area contributed by atoms with Gasteiger partial charge in [-0.2, -0.15) is 5.26 Å². The number of ether oxygens (including phenoxy) is 1. The Balaban J connectivity index is 3.05. The fourth-order valence-corrected chi connectivity index (χ4v) is 0.664. The number of nitrogens with one attached hydrogen (secondary N) is 1. The van der Waals surface area contributed by atoms with E-state index in [-0.39, 0.29) is 0 Å². The van der Waals surface area contributed by atoms with Gasteiger partial charge in [0.05, 0.1) is 18.8 Å². The third-order valence-electron chi connectivity index (χ3n) is 1.15. The highest BCUT2D eigenvalue weighted by Gasteiger charge is 2.00. The minimum absolute atomic E-state index is 0.333. The van der Waals surface area contributed by atoms with Crippen LogP contribution in [-0.4, -0.2) is 38.0 Å². The Labute approximate surface area is 66.8 Å². The minimum atomic E-state index is -0.473. The molecule has 0 aliphatic heterocycles. The molecule has 0 fully saturated rings. The van der Waals surface area contributed by atoms with Crippen LogP contribution < -0.4 is 5.32 Å². The van der Waals surface area contributed by atoms with E-state index in [0.29, 0.717) is 26.1 Å². The maximum absolute atomic E-state index is 9.08. The Hall–Kier alpha value is -0.630. The summed E-state index contributed by atoms with van der Waals surface area (Å²) in [6.07, 6.45) is -0.00151. The van der Waals surface area contributed by atoms with Gasteiger partial charge in [-0.25, -0.2) is 0 Å². The van der Waals surface area contributed by atoms with Gasteiger partial charge in [0.15, 0.2) is 0 Å². The number of nitrogens with zero attached hydrogens (tertiary/aromatic N) is 1. The summed E-state index contributed by atoms with van der Waals surface area (Å²) >= 11 is 0. The highest BCUT2D eigenvalue weighted by Crippen LogP contribution is 1.80. The highest BCUT2D eigenvalue weighted by atomic mass is 16.5. The second-order valence-corrected chi connectivity index (χ2v) is 2.22. The summed E-state index contributed by atoms with van der Waals surface area (Å²) in [6.45, 7) is 1.44. The molecule has 0 radical (unpaired) electrons. The molecule has 1 unspecified atom stereocenters. The average Bonchev–Trinajstić information content (AvgIpc) is 1.99. The molecule has 2 N–H and O–H groups in total. The van der Waals surface area contributed by atoms with E-state index in [9.17, 15) is 0 Å². The van der Waals surface area contributed by atoms with Crippen LogP contribution in [-0.2, 0) is 4.74 Å². The lowest BCUT2D eigenvalue weighted by molar-refractivity contribution is 0.0648. The molecule has 0 spiro atoms. The van der Waals surface area contributed by atoms with Crippen LogP contribution in [0, 0.1) is 11.3 Å². The molecule has 0 heterocycles. The topological polar surface area (TPSA) is 65.3 Å². The van der Waals surface area contributed by atoms with E-state index < -0.39 is 6.10 Å². The zero-order valence-electron chi connectivity index (χ0n) is 6.71. The molecule has 0 aliphatic rings. The summed E-state index contributed by atoms with van der Waals surface area (Å²) < 4.78 is 4.71. The van der Waals surface area contributed by atoms with Crippen molar-refractivity contribution < 1.29 is 9.84 Å². The van der Waals surface area contributed by atoms with Gasteiger partial charge in [0.25, 0.3) is 0 Å². The van der Waals surface area contributed by atoms with Crippen molar-refractivity contribution in [2.75, 3.05) is 26.8 Å². The first-order valence-electron chi connectivity index (χ1n) is 3.56. The van der Waals surface area contributed by atoms with Crippen molar-refractivity contribution in [3.63, 3.8) is 0 Å². The van der Waals surface area contributed by atoms with E-state index >= 15 is 0 Å². The predicted octanol–water partition coefficient (Wildman–Crippen LogP) is -0.503. The van der Waals surface area contributed by atoms with Gasteiger partial charge in [-0.3, -0.25) is 0 Å². The fraction of sp³-hybridized carbons (Fsp3) is 0.857. The molecule has 0 aromatic carbocycles. The molecule has 0 saturated heterocycles. The van der Waals surface area contributed by atoms with Crippen molar-refractivity contribution in [1.82, 2.24) is 5.32 Å². The number of aliphatic hydroxyl groups excluding tert-OH is 1. The van der Waals surface area contributed by atoms with Crippen molar-refractivity contribution >= 4 is 0 Å². The zero-order chi connectivity index (χ0) is 8.53. The molecule has 4 nitrogen and oxygen atoms in total. The van der Waals surface area contributed by atoms with Crippen LogP contribution in [0.1, 0.15) is 6.42 Å². The van der Waals surface area contributed by atoms with E-state index in [4.69, 9.17) is 15.1 Å². The molecule has 0 aliphatic carbocycles. The third-order valence-corrected chi connectivity index (χ3v) is 1.15. The molecule has 0 saturated carbocycles. The van der Waals surface area contributed by atoms with Gasteiger partial charge >= 0.3 is 0 Å². The smallest absolute Gasteiger partial charge is 0.0897 e. The van der Waals surface area contributed by atoms with Crippen LogP contribution >= 0.6 is 0 Å². The van der Waals surface area contributed by atoms with Crippen molar-refractivity contribution in [2.24, 2.45) is 0 Å². The standard InChI is InChI=1S/C7H14N2O2/c1-11-6-7(10)5-9-4-2-3-8/h7,9-10H,2,4-6H2,1H3. The second kappa shape index (κ2) is 7.48. The van der Waals surface area contributed by atoms with Crippen LogP contribution in [0.5, 0.6) is 0 Å². The number of hydrogen-bond acceptors (Lipinski definition) is 4. The zero-order valence-corrected chi connectivity index (χ0v) is 6.71. The van der Waals surface area contributed by atoms with Crippen LogP contribution in [0.25, 0.3) is 0 Å². The Morgan fingerprint density at radius 1 is 1.73 bits per heavy atom. The summed E-state index contributed by atoms with van der Waals surface area (Å²) in [6, 6.07) is 2.00. The maximum Gasteiger partial charge on any atom is 0.0897 e. The number of methoxy groups -OCH3 is 1. The molecular weight excluding hydrogens is 144 g/mol. The summed E-state index contributed by atoms with van der Waals surface area (Å²) in [4.78, 5) is 0. The Morgan fingerprint density at radius 2 is 2.45 bits per heavy atom. The molecule has 0 aromatic rings. The summed E-state index contributed by atoms with van der Waals surface area (Å²) in [7, 11) is 1.54. The molecule has 11 heavy (non-hydrogen) atoms. The molecule has 0 aromatic heterocycles. The van der Waals surface area contributed by atoms with Crippen molar-refractivity contribution in [2.45, 2.75) is 12.5 Å². The largest absolute Gasteiger partial charge is 0.389 e. The van der Waals surface area contributed by atoms with E-state index in [2.05, 4.69) is 5.32 Å². The second-order valence-electron chi connectivity index (χ2n) is 2.22. The van der Waals surface area contributed by atoms with Crippen LogP contribution in [0.2, 0.25) is 0 Å². The molecule has 0 amide bonds. The summed E-state index contributed by atoms with van der Waals surface area (Å²) in [5.74, 6) is 0. The Bertz CT molecular complexity index is 122. The van der Waals surface area contributed by atoms with E-state index in [1.165, 1.54) is 0 Å². The van der Waals surface area contributed by atoms with Gasteiger partial charge in [0.2, 0.25) is 0 Å². The summed E-state index contributed by atoms with van der Waals surface area (Å²) in [5, 5.41) is 20.2. The van der Waals surface area contributed by atoms with Gasteiger partial charge < -0.3 is 15.2 Å². The van der Waals surface area contributed by atoms with Crippen molar-refractivity contribution in [3.8, 4) is 6.07 Å². The number of hydrogen-bond donors (Lipinski definition) is 2. The van der Waals surface area contributed by atoms with Crippen molar-refractivity contribution in [3.05, 3.63) is 0 Å². The third kappa shape index (κ3) is 7.26. The highest BCUT2D eigenvalue weighted by molar-refractivity contribution is 4.70. The number of rotatable bonds is 6. The SMILES string of the molecule is COCC(O)CNCCC#N. The first-order chi connectivity index (χ1) is 5.31. The monoisotopic (exact) mass is 158 g/mol. The summed E-state index contributed by atoms with van der Waals surface area (Å²) in [5.41, 5.74) is 0. The first-order valence-corrected chi connectivity index (χ1v) is 3.56. The molecule has 0 bridgehead atoms. The Morgan fingerprint density at radius 3 is 3.00 bits per heavy atom. The average molecular weight is 158 g/mol. The quantitative estimate of drug-likeness (QED) is 0.511. The van der Waals surface area contributed by atoms with E-state index in [0.717, 1.165) is 0 Å². The maximum atomic E-state index is 9.08. The van der Waals surface area contributed by atoms with Gasteiger partial charge in [-0.1, -0.05) is 0 Å². The fourth-order valence-electron chi connectivity index (χ4n) is 0.664. The minimum Gasteiger partial charge on any atom is -0.389 e. The molecule has 1 atom stereocenters. The lowest BCUT2D eigenvalue weighted by Crippen LogP contribution is -2.30. The van der Waals surface area contributed by atoms with Crippen LogP contribution in [0.15, 0.2) is 0 Å².